The number of carbonyl (C=O) groups is 1. The van der Waals surface area contributed by atoms with Crippen LogP contribution in [-0.4, -0.2) is 55.7 Å². The molecule has 2 aromatic heterocycles. The van der Waals surface area contributed by atoms with E-state index in [1.165, 1.54) is 12.8 Å². The third kappa shape index (κ3) is 2.63. The number of nitrogens with one attached hydrogen (secondary N) is 1. The van der Waals surface area contributed by atoms with Gasteiger partial charge in [-0.25, -0.2) is 9.97 Å². The van der Waals surface area contributed by atoms with Crippen molar-refractivity contribution in [3.05, 3.63) is 29.4 Å². The van der Waals surface area contributed by atoms with Gasteiger partial charge in [0, 0.05) is 39.1 Å². The van der Waals surface area contributed by atoms with Crippen molar-refractivity contribution in [2.45, 2.75) is 44.8 Å². The number of ether oxygens (including phenoxy) is 1. The Morgan fingerprint density at radius 1 is 1.38 bits per heavy atom. The van der Waals surface area contributed by atoms with Crippen molar-refractivity contribution in [3.8, 4) is 0 Å². The average Bonchev–Trinajstić information content (AvgIpc) is 3.04. The number of nitrogens with zero attached hydrogens (tertiary/aromatic N) is 5. The van der Waals surface area contributed by atoms with Gasteiger partial charge in [-0.3, -0.25) is 9.89 Å². The van der Waals surface area contributed by atoms with Crippen molar-refractivity contribution in [1.29, 1.82) is 0 Å². The lowest BCUT2D eigenvalue weighted by Crippen LogP contribution is -2.30. The Morgan fingerprint density at radius 2 is 2.27 bits per heavy atom. The molecule has 3 aliphatic rings. The molecular weight excluding hydrogens is 332 g/mol. The van der Waals surface area contributed by atoms with Crippen molar-refractivity contribution in [3.63, 3.8) is 0 Å². The molecule has 2 aromatic rings. The number of hydrogen-bond donors (Lipinski definition) is 1. The highest BCUT2D eigenvalue weighted by molar-refractivity contribution is 5.93. The van der Waals surface area contributed by atoms with Gasteiger partial charge in [0.25, 0.3) is 5.91 Å². The minimum absolute atomic E-state index is 0.103. The van der Waals surface area contributed by atoms with Crippen LogP contribution in [0.5, 0.6) is 0 Å². The van der Waals surface area contributed by atoms with Gasteiger partial charge in [-0.05, 0) is 31.1 Å². The van der Waals surface area contributed by atoms with Crippen molar-refractivity contribution in [2.24, 2.45) is 11.8 Å². The van der Waals surface area contributed by atoms with E-state index in [9.17, 15) is 4.79 Å². The molecule has 1 saturated carbocycles. The molecule has 2 fully saturated rings. The summed E-state index contributed by atoms with van der Waals surface area (Å²) in [7, 11) is 1.65. The van der Waals surface area contributed by atoms with Crippen LogP contribution in [0.15, 0.2) is 6.20 Å². The van der Waals surface area contributed by atoms with E-state index in [1.807, 2.05) is 4.90 Å². The van der Waals surface area contributed by atoms with Gasteiger partial charge in [0.1, 0.15) is 18.1 Å². The molecule has 0 unspecified atom stereocenters. The fraction of sp³-hybridized carbons (Fsp3) is 0.667. The van der Waals surface area contributed by atoms with E-state index in [1.54, 1.807) is 13.3 Å². The fourth-order valence-corrected chi connectivity index (χ4v) is 4.54. The van der Waals surface area contributed by atoms with Crippen LogP contribution in [0, 0.1) is 11.8 Å². The Hall–Kier alpha value is -2.22. The number of fused-ring (bicyclic) bond motifs is 1. The third-order valence-corrected chi connectivity index (χ3v) is 5.98. The molecule has 0 aromatic carbocycles. The summed E-state index contributed by atoms with van der Waals surface area (Å²) in [5.74, 6) is 4.06. The van der Waals surface area contributed by atoms with Crippen LogP contribution in [0.1, 0.15) is 53.1 Å². The number of H-pyrrole nitrogens is 1. The van der Waals surface area contributed by atoms with E-state index in [-0.39, 0.29) is 11.8 Å². The van der Waals surface area contributed by atoms with E-state index >= 15 is 0 Å². The lowest BCUT2D eigenvalue weighted by Gasteiger charge is -2.16. The topological polar surface area (TPSA) is 88.9 Å². The minimum atomic E-state index is 0.103. The maximum Gasteiger partial charge on any atom is 0.272 e. The average molecular weight is 356 g/mol. The molecule has 1 N–H and O–H groups in total. The number of methoxy groups -OCH3 is 1. The highest BCUT2D eigenvalue weighted by Crippen LogP contribution is 2.47. The van der Waals surface area contributed by atoms with Gasteiger partial charge < -0.3 is 14.2 Å². The molecule has 4 heterocycles. The second kappa shape index (κ2) is 6.19. The summed E-state index contributed by atoms with van der Waals surface area (Å²) in [6.45, 7) is 2.81. The molecule has 1 amide bonds. The maximum atomic E-state index is 13.1. The number of aromatic amines is 1. The highest BCUT2D eigenvalue weighted by atomic mass is 16.5. The Labute approximate surface area is 152 Å². The Morgan fingerprint density at radius 3 is 3.08 bits per heavy atom. The molecule has 8 heteroatoms. The molecule has 26 heavy (non-hydrogen) atoms. The van der Waals surface area contributed by atoms with E-state index in [0.29, 0.717) is 25.0 Å². The number of aromatic nitrogens is 5. The van der Waals surface area contributed by atoms with Gasteiger partial charge in [0.2, 0.25) is 0 Å². The lowest BCUT2D eigenvalue weighted by molar-refractivity contribution is 0.0774. The van der Waals surface area contributed by atoms with Crippen molar-refractivity contribution >= 4 is 5.91 Å². The second-order valence-corrected chi connectivity index (χ2v) is 7.71. The smallest absolute Gasteiger partial charge is 0.272 e. The molecule has 0 spiro atoms. The highest BCUT2D eigenvalue weighted by Gasteiger charge is 2.46. The molecule has 5 rings (SSSR count). The van der Waals surface area contributed by atoms with E-state index < -0.39 is 0 Å². The zero-order valence-electron chi connectivity index (χ0n) is 15.0. The first-order chi connectivity index (χ1) is 12.7. The van der Waals surface area contributed by atoms with Crippen LogP contribution >= 0.6 is 0 Å². The van der Waals surface area contributed by atoms with Crippen LogP contribution in [0.25, 0.3) is 0 Å². The number of aryl methyl sites for hydroxylation is 1. The zero-order valence-corrected chi connectivity index (χ0v) is 15.0. The predicted octanol–water partition coefficient (Wildman–Crippen LogP) is 1.36. The van der Waals surface area contributed by atoms with Gasteiger partial charge in [0.15, 0.2) is 11.6 Å². The quantitative estimate of drug-likeness (QED) is 0.874. The van der Waals surface area contributed by atoms with Gasteiger partial charge in [-0.2, -0.15) is 5.10 Å². The molecule has 8 nitrogen and oxygen atoms in total. The predicted molar refractivity (Wildman–Crippen MR) is 92.5 cm³/mol. The Balaban J connectivity index is 1.38. The lowest BCUT2D eigenvalue weighted by atomic mass is 9.91. The number of rotatable bonds is 5. The van der Waals surface area contributed by atoms with Gasteiger partial charge in [-0.15, -0.1) is 0 Å². The summed E-state index contributed by atoms with van der Waals surface area (Å²) in [5, 5.41) is 7.39. The number of imidazole rings is 1. The summed E-state index contributed by atoms with van der Waals surface area (Å²) in [6, 6.07) is 0. The second-order valence-electron chi connectivity index (χ2n) is 7.71. The first-order valence-electron chi connectivity index (χ1n) is 9.48. The summed E-state index contributed by atoms with van der Waals surface area (Å²) in [4.78, 5) is 24.2. The zero-order chi connectivity index (χ0) is 17.7. The summed E-state index contributed by atoms with van der Waals surface area (Å²) < 4.78 is 7.22. The molecule has 0 radical (unpaired) electrons. The molecular formula is C18H24N6O2. The van der Waals surface area contributed by atoms with Gasteiger partial charge >= 0.3 is 0 Å². The fourth-order valence-electron chi connectivity index (χ4n) is 4.54. The summed E-state index contributed by atoms with van der Waals surface area (Å²) >= 11 is 0. The summed E-state index contributed by atoms with van der Waals surface area (Å²) in [5.41, 5.74) is 0.739. The van der Waals surface area contributed by atoms with Crippen LogP contribution in [0.2, 0.25) is 0 Å². The van der Waals surface area contributed by atoms with Gasteiger partial charge in [-0.1, -0.05) is 0 Å². The van der Waals surface area contributed by atoms with E-state index in [2.05, 4.69) is 24.7 Å². The summed E-state index contributed by atoms with van der Waals surface area (Å²) in [6.07, 6.45) is 6.30. The Kier molecular flexibility index (Phi) is 3.81. The van der Waals surface area contributed by atoms with Crippen molar-refractivity contribution in [2.75, 3.05) is 20.2 Å². The molecule has 1 aliphatic carbocycles. The largest absolute Gasteiger partial charge is 0.377 e. The molecule has 138 valence electrons. The monoisotopic (exact) mass is 356 g/mol. The third-order valence-electron chi connectivity index (χ3n) is 5.98. The standard InChI is InChI=1S/C18H24N6O2/c1-26-10-15-20-17(22-21-15)13-9-23(8-12(13)11-4-5-11)18(25)14-7-19-16-3-2-6-24(14)16/h7,11-13H,2-6,8-10H2,1H3,(H,20,21,22)/t12-,13+/m1/s1. The van der Waals surface area contributed by atoms with E-state index in [0.717, 1.165) is 49.1 Å². The van der Waals surface area contributed by atoms with Crippen LogP contribution in [0.3, 0.4) is 0 Å². The Bertz CT molecular complexity index is 824. The number of amides is 1. The number of hydrogen-bond acceptors (Lipinski definition) is 5. The van der Waals surface area contributed by atoms with Crippen molar-refractivity contribution < 1.29 is 9.53 Å². The normalized spacial score (nSPS) is 25.0. The molecule has 0 bridgehead atoms. The number of carbonyl (C=O) groups excluding carboxylic acids is 1. The maximum absolute atomic E-state index is 13.1. The van der Waals surface area contributed by atoms with Gasteiger partial charge in [0.05, 0.1) is 6.20 Å². The van der Waals surface area contributed by atoms with Crippen molar-refractivity contribution in [1.82, 2.24) is 29.6 Å². The van der Waals surface area contributed by atoms with Crippen LogP contribution < -0.4 is 0 Å². The van der Waals surface area contributed by atoms with E-state index in [4.69, 9.17) is 4.74 Å². The number of likely N-dealkylation sites (tertiary alicyclic amines) is 1. The molecule has 2 atom stereocenters. The molecule has 2 aliphatic heterocycles. The SMILES string of the molecule is COCc1nc([C@H]2CN(C(=O)c3cnc4n3CCC4)C[C@@H]2C2CC2)n[nH]1. The minimum Gasteiger partial charge on any atom is -0.377 e. The first-order valence-corrected chi connectivity index (χ1v) is 9.48. The molecule has 1 saturated heterocycles. The van der Waals surface area contributed by atoms with Crippen LogP contribution in [0.4, 0.5) is 0 Å². The van der Waals surface area contributed by atoms with Crippen LogP contribution in [-0.2, 0) is 24.3 Å². The first kappa shape index (κ1) is 16.0.